The Bertz CT molecular complexity index is 299. The van der Waals surface area contributed by atoms with Gasteiger partial charge in [0.05, 0.1) is 12.6 Å². The zero-order valence-electron chi connectivity index (χ0n) is 9.32. The second-order valence-electron chi connectivity index (χ2n) is 3.77. The van der Waals surface area contributed by atoms with Crippen LogP contribution >= 0.6 is 0 Å². The maximum Gasteiger partial charge on any atom is 0.243 e. The van der Waals surface area contributed by atoms with Crippen LogP contribution in [-0.4, -0.2) is 53.6 Å². The van der Waals surface area contributed by atoms with Crippen molar-refractivity contribution in [2.75, 3.05) is 20.1 Å². The van der Waals surface area contributed by atoms with Crippen molar-refractivity contribution in [3.63, 3.8) is 0 Å². The smallest absolute Gasteiger partial charge is 0.243 e. The van der Waals surface area contributed by atoms with Crippen molar-refractivity contribution >= 4 is 17.6 Å². The highest BCUT2D eigenvalue weighted by Gasteiger charge is 2.32. The van der Waals surface area contributed by atoms with E-state index < -0.39 is 6.04 Å². The molecule has 1 unspecified atom stereocenters. The molecule has 0 aromatic carbocycles. The molecule has 0 N–H and O–H groups in total. The van der Waals surface area contributed by atoms with Crippen LogP contribution < -0.4 is 0 Å². The predicted molar refractivity (Wildman–Crippen MR) is 54.1 cm³/mol. The maximum atomic E-state index is 11.6. The second kappa shape index (κ2) is 4.42. The molecule has 1 atom stereocenters. The fraction of sp³-hybridized carbons (Fsp3) is 0.700. The molecule has 1 aliphatic heterocycles. The molecule has 15 heavy (non-hydrogen) atoms. The average Bonchev–Trinajstić information content (AvgIpc) is 2.21. The topological polar surface area (TPSA) is 57.7 Å². The minimum Gasteiger partial charge on any atom is -0.335 e. The molecule has 5 nitrogen and oxygen atoms in total. The molecule has 0 aromatic heterocycles. The van der Waals surface area contributed by atoms with E-state index in [1.807, 2.05) is 0 Å². The number of Topliss-reactive ketones (excluding diaryl/α,β-unsaturated/α-hetero) is 1. The number of piperazine rings is 1. The lowest BCUT2D eigenvalue weighted by atomic mass is 10.1. The van der Waals surface area contributed by atoms with Gasteiger partial charge in [-0.15, -0.1) is 0 Å². The summed E-state index contributed by atoms with van der Waals surface area (Å²) in [5.41, 5.74) is 0. The van der Waals surface area contributed by atoms with Gasteiger partial charge in [-0.3, -0.25) is 14.4 Å². The SMILES string of the molecule is CCC(=O)C(C)N1CC(=O)N(C)CC1=O. The first-order valence-corrected chi connectivity index (χ1v) is 5.03. The number of hydrogen-bond donors (Lipinski definition) is 0. The van der Waals surface area contributed by atoms with Crippen LogP contribution in [0, 0.1) is 0 Å². The van der Waals surface area contributed by atoms with Gasteiger partial charge in [0.15, 0.2) is 5.78 Å². The van der Waals surface area contributed by atoms with E-state index in [9.17, 15) is 14.4 Å². The lowest BCUT2D eigenvalue weighted by molar-refractivity contribution is -0.152. The van der Waals surface area contributed by atoms with Crippen LogP contribution in [0.3, 0.4) is 0 Å². The van der Waals surface area contributed by atoms with E-state index in [0.29, 0.717) is 6.42 Å². The van der Waals surface area contributed by atoms with Gasteiger partial charge in [0, 0.05) is 13.5 Å². The largest absolute Gasteiger partial charge is 0.335 e. The molecular formula is C10H16N2O3. The highest BCUT2D eigenvalue weighted by atomic mass is 16.2. The van der Waals surface area contributed by atoms with Crippen LogP contribution in [-0.2, 0) is 14.4 Å². The van der Waals surface area contributed by atoms with Crippen molar-refractivity contribution in [1.82, 2.24) is 9.80 Å². The minimum absolute atomic E-state index is 0.0132. The Kier molecular flexibility index (Phi) is 3.44. The van der Waals surface area contributed by atoms with Gasteiger partial charge in [-0.2, -0.15) is 0 Å². The molecule has 0 bridgehead atoms. The number of hydrogen-bond acceptors (Lipinski definition) is 3. The summed E-state index contributed by atoms with van der Waals surface area (Å²) in [6, 6.07) is -0.486. The van der Waals surface area contributed by atoms with E-state index in [2.05, 4.69) is 0 Å². The third-order valence-corrected chi connectivity index (χ3v) is 2.71. The Labute approximate surface area is 89.0 Å². The maximum absolute atomic E-state index is 11.6. The van der Waals surface area contributed by atoms with Gasteiger partial charge in [-0.1, -0.05) is 6.92 Å². The zero-order valence-corrected chi connectivity index (χ0v) is 9.32. The van der Waals surface area contributed by atoms with Crippen molar-refractivity contribution in [2.24, 2.45) is 0 Å². The fourth-order valence-corrected chi connectivity index (χ4v) is 1.56. The summed E-state index contributed by atoms with van der Waals surface area (Å²) < 4.78 is 0. The minimum atomic E-state index is -0.486. The Hall–Kier alpha value is -1.39. The van der Waals surface area contributed by atoms with E-state index in [4.69, 9.17) is 0 Å². The first-order valence-electron chi connectivity index (χ1n) is 5.03. The second-order valence-corrected chi connectivity index (χ2v) is 3.77. The summed E-state index contributed by atoms with van der Waals surface area (Å²) >= 11 is 0. The number of rotatable bonds is 3. The molecule has 2 amide bonds. The van der Waals surface area contributed by atoms with Crippen LogP contribution in [0.1, 0.15) is 20.3 Å². The van der Waals surface area contributed by atoms with Gasteiger partial charge in [0.25, 0.3) is 0 Å². The van der Waals surface area contributed by atoms with Gasteiger partial charge < -0.3 is 9.80 Å². The van der Waals surface area contributed by atoms with Crippen molar-refractivity contribution in [3.05, 3.63) is 0 Å². The molecular weight excluding hydrogens is 196 g/mol. The van der Waals surface area contributed by atoms with Gasteiger partial charge in [-0.25, -0.2) is 0 Å². The van der Waals surface area contributed by atoms with Crippen molar-refractivity contribution in [2.45, 2.75) is 26.3 Å². The third kappa shape index (κ3) is 2.34. The van der Waals surface area contributed by atoms with E-state index in [1.54, 1.807) is 20.9 Å². The number of ketones is 1. The Balaban J connectivity index is 2.74. The molecule has 1 heterocycles. The lowest BCUT2D eigenvalue weighted by Gasteiger charge is -2.34. The number of carbonyl (C=O) groups excluding carboxylic acids is 3. The van der Waals surface area contributed by atoms with Crippen LogP contribution in [0.15, 0.2) is 0 Å². The third-order valence-electron chi connectivity index (χ3n) is 2.71. The fourth-order valence-electron chi connectivity index (χ4n) is 1.56. The van der Waals surface area contributed by atoms with Crippen molar-refractivity contribution < 1.29 is 14.4 Å². The highest BCUT2D eigenvalue weighted by molar-refractivity contribution is 5.96. The molecule has 5 heteroatoms. The quantitative estimate of drug-likeness (QED) is 0.642. The molecule has 0 saturated carbocycles. The standard InChI is InChI=1S/C10H16N2O3/c1-4-8(13)7(2)12-6-9(14)11(3)5-10(12)15/h7H,4-6H2,1-3H3. The molecule has 84 valence electrons. The predicted octanol–water partition coefficient (Wildman–Crippen LogP) is -0.345. The average molecular weight is 212 g/mol. The summed E-state index contributed by atoms with van der Waals surface area (Å²) in [5.74, 6) is -0.294. The van der Waals surface area contributed by atoms with Crippen molar-refractivity contribution in [3.8, 4) is 0 Å². The van der Waals surface area contributed by atoms with Crippen LogP contribution in [0.2, 0.25) is 0 Å². The Morgan fingerprint density at radius 2 is 1.93 bits per heavy atom. The molecule has 0 aromatic rings. The number of nitrogens with zero attached hydrogens (tertiary/aromatic N) is 2. The van der Waals surface area contributed by atoms with Gasteiger partial charge in [0.2, 0.25) is 11.8 Å². The van der Waals surface area contributed by atoms with Crippen LogP contribution in [0.4, 0.5) is 0 Å². The van der Waals surface area contributed by atoms with E-state index in [-0.39, 0.29) is 30.7 Å². The summed E-state index contributed by atoms with van der Waals surface area (Å²) in [4.78, 5) is 37.1. The lowest BCUT2D eigenvalue weighted by Crippen LogP contribution is -2.56. The Morgan fingerprint density at radius 3 is 2.47 bits per heavy atom. The summed E-state index contributed by atoms with van der Waals surface area (Å²) in [5, 5.41) is 0. The molecule has 1 aliphatic rings. The van der Waals surface area contributed by atoms with Crippen molar-refractivity contribution in [1.29, 1.82) is 0 Å². The van der Waals surface area contributed by atoms with E-state index in [1.165, 1.54) is 9.80 Å². The zero-order chi connectivity index (χ0) is 11.6. The summed E-state index contributed by atoms with van der Waals surface area (Å²) in [6.45, 7) is 3.51. The first-order chi connectivity index (χ1) is 6.97. The van der Waals surface area contributed by atoms with Gasteiger partial charge in [0.1, 0.15) is 6.54 Å². The Morgan fingerprint density at radius 1 is 1.33 bits per heavy atom. The van der Waals surface area contributed by atoms with Crippen LogP contribution in [0.25, 0.3) is 0 Å². The van der Waals surface area contributed by atoms with Gasteiger partial charge >= 0.3 is 0 Å². The molecule has 1 rings (SSSR count). The molecule has 0 spiro atoms. The van der Waals surface area contributed by atoms with Crippen LogP contribution in [0.5, 0.6) is 0 Å². The monoisotopic (exact) mass is 212 g/mol. The molecule has 0 aliphatic carbocycles. The highest BCUT2D eigenvalue weighted by Crippen LogP contribution is 2.09. The summed E-state index contributed by atoms with van der Waals surface area (Å²) in [7, 11) is 1.59. The number of likely N-dealkylation sites (N-methyl/N-ethyl adjacent to an activating group) is 1. The van der Waals surface area contributed by atoms with E-state index >= 15 is 0 Å². The number of amides is 2. The molecule has 1 saturated heterocycles. The normalized spacial score (nSPS) is 19.4. The summed E-state index contributed by atoms with van der Waals surface area (Å²) in [6.07, 6.45) is 0.384. The van der Waals surface area contributed by atoms with Gasteiger partial charge in [-0.05, 0) is 6.92 Å². The molecule has 0 radical (unpaired) electrons. The number of carbonyl (C=O) groups is 3. The van der Waals surface area contributed by atoms with E-state index in [0.717, 1.165) is 0 Å². The molecule has 1 fully saturated rings. The first kappa shape index (κ1) is 11.7.